The first-order valence-corrected chi connectivity index (χ1v) is 4.37. The molecule has 0 aromatic heterocycles. The number of rotatable bonds is 2. The number of ether oxygens (including phenoxy) is 3. The van der Waals surface area contributed by atoms with Crippen LogP contribution < -0.4 is 9.47 Å². The van der Waals surface area contributed by atoms with Gasteiger partial charge in [-0.25, -0.2) is 4.79 Å². The molecular formula is C10H10O5. The number of carbonyl (C=O) groups is 1. The molecule has 80 valence electrons. The Morgan fingerprint density at radius 3 is 3.00 bits per heavy atom. The molecule has 5 nitrogen and oxygen atoms in total. The van der Waals surface area contributed by atoms with Crippen LogP contribution in [0, 0.1) is 0 Å². The highest BCUT2D eigenvalue weighted by atomic mass is 16.7. The van der Waals surface area contributed by atoms with Crippen LogP contribution in [-0.2, 0) is 11.3 Å². The summed E-state index contributed by atoms with van der Waals surface area (Å²) in [6, 6.07) is 3.08. The van der Waals surface area contributed by atoms with Gasteiger partial charge in [0, 0.05) is 5.56 Å². The molecule has 0 radical (unpaired) electrons. The molecule has 1 aliphatic rings. The minimum absolute atomic E-state index is 0.0955. The second-order valence-corrected chi connectivity index (χ2v) is 3.08. The number of benzene rings is 1. The van der Waals surface area contributed by atoms with Crippen LogP contribution in [0.4, 0.5) is 0 Å². The molecule has 0 atom stereocenters. The molecular weight excluding hydrogens is 200 g/mol. The van der Waals surface area contributed by atoms with E-state index in [1.54, 1.807) is 6.07 Å². The average Bonchev–Trinajstić information content (AvgIpc) is 2.27. The van der Waals surface area contributed by atoms with Gasteiger partial charge in [-0.2, -0.15) is 0 Å². The van der Waals surface area contributed by atoms with Crippen molar-refractivity contribution in [1.82, 2.24) is 0 Å². The molecule has 15 heavy (non-hydrogen) atoms. The quantitative estimate of drug-likeness (QED) is 0.796. The number of carboxylic acids is 1. The molecule has 0 saturated carbocycles. The molecule has 2 rings (SSSR count). The lowest BCUT2D eigenvalue weighted by Crippen LogP contribution is -2.13. The van der Waals surface area contributed by atoms with Gasteiger partial charge in [0.05, 0.1) is 13.7 Å². The normalized spacial score (nSPS) is 13.9. The van der Waals surface area contributed by atoms with Crippen molar-refractivity contribution in [3.05, 3.63) is 23.3 Å². The zero-order chi connectivity index (χ0) is 10.8. The van der Waals surface area contributed by atoms with Crippen molar-refractivity contribution < 1.29 is 24.1 Å². The number of fused-ring (bicyclic) bond motifs is 1. The van der Waals surface area contributed by atoms with E-state index in [-0.39, 0.29) is 12.4 Å². The SMILES string of the molecule is COc1cc2c(cc1C(=O)O)OCOC2. The van der Waals surface area contributed by atoms with Gasteiger partial charge < -0.3 is 19.3 Å². The van der Waals surface area contributed by atoms with Crippen LogP contribution in [0.5, 0.6) is 11.5 Å². The Balaban J connectivity index is 2.51. The highest BCUT2D eigenvalue weighted by Gasteiger charge is 2.18. The second kappa shape index (κ2) is 3.78. The first kappa shape index (κ1) is 9.79. The van der Waals surface area contributed by atoms with Crippen molar-refractivity contribution in [3.63, 3.8) is 0 Å². The molecule has 0 amide bonds. The van der Waals surface area contributed by atoms with Gasteiger partial charge in [0.1, 0.15) is 17.1 Å². The summed E-state index contributed by atoms with van der Waals surface area (Å²) in [6.07, 6.45) is 0. The van der Waals surface area contributed by atoms with Gasteiger partial charge >= 0.3 is 5.97 Å². The maximum absolute atomic E-state index is 10.9. The van der Waals surface area contributed by atoms with E-state index in [4.69, 9.17) is 19.3 Å². The lowest BCUT2D eigenvalue weighted by molar-refractivity contribution is -0.0166. The van der Waals surface area contributed by atoms with Gasteiger partial charge in [0.25, 0.3) is 0 Å². The molecule has 0 saturated heterocycles. The van der Waals surface area contributed by atoms with Gasteiger partial charge in [0.15, 0.2) is 6.79 Å². The maximum Gasteiger partial charge on any atom is 0.339 e. The number of hydrogen-bond donors (Lipinski definition) is 1. The van der Waals surface area contributed by atoms with Crippen LogP contribution in [0.3, 0.4) is 0 Å². The third kappa shape index (κ3) is 1.73. The van der Waals surface area contributed by atoms with E-state index in [1.165, 1.54) is 13.2 Å². The minimum Gasteiger partial charge on any atom is -0.496 e. The van der Waals surface area contributed by atoms with Crippen molar-refractivity contribution in [2.24, 2.45) is 0 Å². The average molecular weight is 210 g/mol. The molecule has 1 aliphatic heterocycles. The van der Waals surface area contributed by atoms with Crippen LogP contribution in [0.15, 0.2) is 12.1 Å². The number of aromatic carboxylic acids is 1. The molecule has 0 unspecified atom stereocenters. The van der Waals surface area contributed by atoms with E-state index in [0.29, 0.717) is 18.1 Å². The van der Waals surface area contributed by atoms with Gasteiger partial charge in [0.2, 0.25) is 0 Å². The van der Waals surface area contributed by atoms with E-state index in [1.807, 2.05) is 0 Å². The number of carboxylic acid groups (broad SMARTS) is 1. The summed E-state index contributed by atoms with van der Waals surface area (Å²) in [6.45, 7) is 0.560. The van der Waals surface area contributed by atoms with Crippen LogP contribution in [0.2, 0.25) is 0 Å². The largest absolute Gasteiger partial charge is 0.496 e. The molecule has 1 aromatic rings. The summed E-state index contributed by atoms with van der Waals surface area (Å²) in [5.41, 5.74) is 0.890. The Hall–Kier alpha value is -1.75. The van der Waals surface area contributed by atoms with E-state index < -0.39 is 5.97 Å². The Kier molecular flexibility index (Phi) is 2.47. The Labute approximate surface area is 86.2 Å². The van der Waals surface area contributed by atoms with Crippen LogP contribution in [0.25, 0.3) is 0 Å². The predicted molar refractivity (Wildman–Crippen MR) is 50.2 cm³/mol. The maximum atomic E-state index is 10.9. The van der Waals surface area contributed by atoms with Gasteiger partial charge in [-0.05, 0) is 12.1 Å². The fraction of sp³-hybridized carbons (Fsp3) is 0.300. The zero-order valence-corrected chi connectivity index (χ0v) is 8.15. The van der Waals surface area contributed by atoms with E-state index in [9.17, 15) is 4.79 Å². The summed E-state index contributed by atoms with van der Waals surface area (Å²) in [7, 11) is 1.43. The fourth-order valence-corrected chi connectivity index (χ4v) is 1.44. The van der Waals surface area contributed by atoms with Gasteiger partial charge in [-0.1, -0.05) is 0 Å². The van der Waals surface area contributed by atoms with Crippen molar-refractivity contribution >= 4 is 5.97 Å². The summed E-state index contributed by atoms with van der Waals surface area (Å²) in [4.78, 5) is 10.9. The molecule has 0 fully saturated rings. The third-order valence-electron chi connectivity index (χ3n) is 2.17. The molecule has 0 bridgehead atoms. The molecule has 0 aliphatic carbocycles. The van der Waals surface area contributed by atoms with Crippen molar-refractivity contribution in [2.45, 2.75) is 6.61 Å². The Morgan fingerprint density at radius 1 is 1.53 bits per heavy atom. The summed E-state index contributed by atoms with van der Waals surface area (Å²) in [5, 5.41) is 8.93. The Bertz CT molecular complexity index is 399. The smallest absolute Gasteiger partial charge is 0.339 e. The standard InChI is InChI=1S/C10H10O5/c1-13-9-2-6-4-14-5-15-8(6)3-7(9)10(11)12/h2-3H,4-5H2,1H3,(H,11,12). The first-order chi connectivity index (χ1) is 7.22. The topological polar surface area (TPSA) is 65.0 Å². The van der Waals surface area contributed by atoms with E-state index >= 15 is 0 Å². The zero-order valence-electron chi connectivity index (χ0n) is 8.15. The molecule has 1 aromatic carbocycles. The molecule has 5 heteroatoms. The van der Waals surface area contributed by atoms with Crippen molar-refractivity contribution in [2.75, 3.05) is 13.9 Å². The third-order valence-corrected chi connectivity index (χ3v) is 2.17. The Morgan fingerprint density at radius 2 is 2.33 bits per heavy atom. The fourth-order valence-electron chi connectivity index (χ4n) is 1.44. The highest BCUT2D eigenvalue weighted by Crippen LogP contribution is 2.31. The highest BCUT2D eigenvalue weighted by molar-refractivity contribution is 5.91. The minimum atomic E-state index is -1.04. The first-order valence-electron chi connectivity index (χ1n) is 4.37. The van der Waals surface area contributed by atoms with Crippen LogP contribution in [-0.4, -0.2) is 25.0 Å². The van der Waals surface area contributed by atoms with Crippen molar-refractivity contribution in [1.29, 1.82) is 0 Å². The van der Waals surface area contributed by atoms with E-state index in [0.717, 1.165) is 5.56 Å². The van der Waals surface area contributed by atoms with Gasteiger partial charge in [-0.15, -0.1) is 0 Å². The van der Waals surface area contributed by atoms with Crippen LogP contribution >= 0.6 is 0 Å². The molecule has 1 N–H and O–H groups in total. The summed E-state index contributed by atoms with van der Waals surface area (Å²) in [5.74, 6) is -0.181. The summed E-state index contributed by atoms with van der Waals surface area (Å²) >= 11 is 0. The predicted octanol–water partition coefficient (Wildman–Crippen LogP) is 1.26. The monoisotopic (exact) mass is 210 g/mol. The van der Waals surface area contributed by atoms with Crippen molar-refractivity contribution in [3.8, 4) is 11.5 Å². The number of hydrogen-bond acceptors (Lipinski definition) is 4. The molecule has 1 heterocycles. The molecule has 0 spiro atoms. The van der Waals surface area contributed by atoms with E-state index in [2.05, 4.69) is 0 Å². The second-order valence-electron chi connectivity index (χ2n) is 3.08. The van der Waals surface area contributed by atoms with Crippen LogP contribution in [0.1, 0.15) is 15.9 Å². The lowest BCUT2D eigenvalue weighted by Gasteiger charge is -2.19. The summed E-state index contributed by atoms with van der Waals surface area (Å²) < 4.78 is 15.2. The van der Waals surface area contributed by atoms with Gasteiger partial charge in [-0.3, -0.25) is 0 Å². The number of methoxy groups -OCH3 is 1. The lowest BCUT2D eigenvalue weighted by atomic mass is 10.1.